The molecule has 1 fully saturated rings. The summed E-state index contributed by atoms with van der Waals surface area (Å²) in [6.45, 7) is 4.04. The molecule has 0 atom stereocenters. The van der Waals surface area contributed by atoms with Gasteiger partial charge in [0.1, 0.15) is 0 Å². The standard InChI is InChI=1S/C22H24N4O2/c1-24-21(27)19-10-6-5-9-18(19)20(23-24)22(28)26-15-13-25(14-16-26)12-11-17-7-3-2-4-8-17/h2-10H,11-16H2,1H3. The smallest absolute Gasteiger partial charge is 0.275 e. The highest BCUT2D eigenvalue weighted by atomic mass is 16.2. The molecule has 0 saturated carbocycles. The van der Waals surface area contributed by atoms with E-state index in [1.165, 1.54) is 10.2 Å². The highest BCUT2D eigenvalue weighted by Crippen LogP contribution is 2.16. The number of fused-ring (bicyclic) bond motifs is 1. The van der Waals surface area contributed by atoms with Gasteiger partial charge in [0.25, 0.3) is 11.5 Å². The second-order valence-corrected chi connectivity index (χ2v) is 7.19. The Morgan fingerprint density at radius 2 is 1.57 bits per heavy atom. The molecule has 4 rings (SSSR count). The lowest BCUT2D eigenvalue weighted by molar-refractivity contribution is 0.0632. The van der Waals surface area contributed by atoms with Crippen molar-refractivity contribution in [3.8, 4) is 0 Å². The second-order valence-electron chi connectivity index (χ2n) is 7.19. The fourth-order valence-corrected chi connectivity index (χ4v) is 3.71. The molecule has 1 aliphatic heterocycles. The minimum absolute atomic E-state index is 0.102. The lowest BCUT2D eigenvalue weighted by Gasteiger charge is -2.34. The molecule has 2 aromatic carbocycles. The molecule has 6 heteroatoms. The largest absolute Gasteiger partial charge is 0.335 e. The molecule has 144 valence electrons. The first-order valence-corrected chi connectivity index (χ1v) is 9.65. The highest BCUT2D eigenvalue weighted by Gasteiger charge is 2.25. The van der Waals surface area contributed by atoms with E-state index in [0.717, 1.165) is 26.1 Å². The van der Waals surface area contributed by atoms with Crippen LogP contribution in [0.2, 0.25) is 0 Å². The van der Waals surface area contributed by atoms with Crippen LogP contribution >= 0.6 is 0 Å². The van der Waals surface area contributed by atoms with E-state index in [1.807, 2.05) is 23.1 Å². The summed E-state index contributed by atoms with van der Waals surface area (Å²) in [6, 6.07) is 17.7. The van der Waals surface area contributed by atoms with Gasteiger partial charge in [0.05, 0.1) is 5.39 Å². The number of carbonyl (C=O) groups excluding carboxylic acids is 1. The first-order chi connectivity index (χ1) is 13.6. The number of amides is 1. The molecular formula is C22H24N4O2. The Kier molecular flexibility index (Phi) is 5.21. The van der Waals surface area contributed by atoms with Gasteiger partial charge in [-0.1, -0.05) is 48.5 Å². The first kappa shape index (κ1) is 18.4. The number of carbonyl (C=O) groups is 1. The van der Waals surface area contributed by atoms with Gasteiger partial charge < -0.3 is 4.90 Å². The average Bonchev–Trinajstić information content (AvgIpc) is 2.75. The van der Waals surface area contributed by atoms with Crippen LogP contribution in [0.4, 0.5) is 0 Å². The van der Waals surface area contributed by atoms with Crippen LogP contribution < -0.4 is 5.56 Å². The van der Waals surface area contributed by atoms with E-state index in [2.05, 4.69) is 34.3 Å². The van der Waals surface area contributed by atoms with Crippen molar-refractivity contribution >= 4 is 16.7 Å². The second kappa shape index (κ2) is 7.94. The highest BCUT2D eigenvalue weighted by molar-refractivity contribution is 6.04. The monoisotopic (exact) mass is 376 g/mol. The molecule has 1 amide bonds. The predicted octanol–water partition coefficient (Wildman–Crippen LogP) is 1.93. The van der Waals surface area contributed by atoms with Crippen LogP contribution in [0.3, 0.4) is 0 Å². The van der Waals surface area contributed by atoms with Crippen LogP contribution in [-0.4, -0.2) is 58.2 Å². The molecule has 0 spiro atoms. The van der Waals surface area contributed by atoms with E-state index >= 15 is 0 Å². The molecule has 0 N–H and O–H groups in total. The van der Waals surface area contributed by atoms with Crippen LogP contribution in [0.5, 0.6) is 0 Å². The molecule has 1 saturated heterocycles. The maximum absolute atomic E-state index is 13.1. The Morgan fingerprint density at radius 1 is 0.929 bits per heavy atom. The maximum Gasteiger partial charge on any atom is 0.275 e. The van der Waals surface area contributed by atoms with Crippen LogP contribution in [0.15, 0.2) is 59.4 Å². The zero-order valence-corrected chi connectivity index (χ0v) is 16.0. The first-order valence-electron chi connectivity index (χ1n) is 9.65. The fraction of sp³-hybridized carbons (Fsp3) is 0.318. The van der Waals surface area contributed by atoms with E-state index < -0.39 is 0 Å². The third-order valence-corrected chi connectivity index (χ3v) is 5.38. The molecule has 0 bridgehead atoms. The van der Waals surface area contributed by atoms with Gasteiger partial charge in [0, 0.05) is 45.2 Å². The summed E-state index contributed by atoms with van der Waals surface area (Å²) in [5.41, 5.74) is 1.51. The molecule has 1 aliphatic rings. The lowest BCUT2D eigenvalue weighted by atomic mass is 10.1. The SMILES string of the molecule is Cn1nc(C(=O)N2CCN(CCc3ccccc3)CC2)c2ccccc2c1=O. The summed E-state index contributed by atoms with van der Waals surface area (Å²) in [6.07, 6.45) is 1.02. The number of aromatic nitrogens is 2. The Labute approximate surface area is 164 Å². The van der Waals surface area contributed by atoms with Crippen molar-refractivity contribution in [2.45, 2.75) is 6.42 Å². The quantitative estimate of drug-likeness (QED) is 0.698. The normalized spacial score (nSPS) is 15.1. The molecule has 1 aromatic heterocycles. The van der Waals surface area contributed by atoms with Crippen molar-refractivity contribution in [2.24, 2.45) is 7.05 Å². The number of rotatable bonds is 4. The minimum Gasteiger partial charge on any atom is -0.335 e. The third kappa shape index (κ3) is 3.68. The molecular weight excluding hydrogens is 352 g/mol. The van der Waals surface area contributed by atoms with E-state index in [1.54, 1.807) is 19.2 Å². The van der Waals surface area contributed by atoms with Gasteiger partial charge in [-0.05, 0) is 18.1 Å². The number of hydrogen-bond donors (Lipinski definition) is 0. The maximum atomic E-state index is 13.1. The molecule has 0 unspecified atom stereocenters. The summed E-state index contributed by atoms with van der Waals surface area (Å²) in [7, 11) is 1.59. The van der Waals surface area contributed by atoms with Crippen molar-refractivity contribution in [3.05, 3.63) is 76.2 Å². The lowest BCUT2D eigenvalue weighted by Crippen LogP contribution is -2.49. The van der Waals surface area contributed by atoms with Gasteiger partial charge in [-0.25, -0.2) is 4.68 Å². The average molecular weight is 376 g/mol. The van der Waals surface area contributed by atoms with Crippen LogP contribution in [-0.2, 0) is 13.5 Å². The summed E-state index contributed by atoms with van der Waals surface area (Å²) in [5, 5.41) is 5.43. The molecule has 28 heavy (non-hydrogen) atoms. The molecule has 6 nitrogen and oxygen atoms in total. The van der Waals surface area contributed by atoms with Gasteiger partial charge >= 0.3 is 0 Å². The summed E-state index contributed by atoms with van der Waals surface area (Å²) < 4.78 is 1.26. The summed E-state index contributed by atoms with van der Waals surface area (Å²) >= 11 is 0. The van der Waals surface area contributed by atoms with Crippen molar-refractivity contribution in [1.29, 1.82) is 0 Å². The van der Waals surface area contributed by atoms with Gasteiger partial charge in [0.2, 0.25) is 0 Å². The van der Waals surface area contributed by atoms with Gasteiger partial charge in [-0.3, -0.25) is 14.5 Å². The van der Waals surface area contributed by atoms with E-state index in [-0.39, 0.29) is 11.5 Å². The topological polar surface area (TPSA) is 58.4 Å². The number of piperazine rings is 1. The van der Waals surface area contributed by atoms with Crippen LogP contribution in [0.25, 0.3) is 10.8 Å². The Bertz CT molecular complexity index is 1040. The van der Waals surface area contributed by atoms with Crippen LogP contribution in [0.1, 0.15) is 16.1 Å². The van der Waals surface area contributed by atoms with Crippen molar-refractivity contribution in [1.82, 2.24) is 19.6 Å². The van der Waals surface area contributed by atoms with Crippen molar-refractivity contribution < 1.29 is 4.79 Å². The van der Waals surface area contributed by atoms with Gasteiger partial charge in [-0.15, -0.1) is 0 Å². The van der Waals surface area contributed by atoms with Gasteiger partial charge in [-0.2, -0.15) is 5.10 Å². The molecule has 3 aromatic rings. The zero-order valence-electron chi connectivity index (χ0n) is 16.0. The van der Waals surface area contributed by atoms with Crippen molar-refractivity contribution in [3.63, 3.8) is 0 Å². The third-order valence-electron chi connectivity index (χ3n) is 5.38. The number of aryl methyl sites for hydroxylation is 1. The number of hydrogen-bond acceptors (Lipinski definition) is 4. The fourth-order valence-electron chi connectivity index (χ4n) is 3.71. The predicted molar refractivity (Wildman–Crippen MR) is 109 cm³/mol. The van der Waals surface area contributed by atoms with Gasteiger partial charge in [0.15, 0.2) is 5.69 Å². The minimum atomic E-state index is -0.183. The summed E-state index contributed by atoms with van der Waals surface area (Å²) in [5.74, 6) is -0.102. The summed E-state index contributed by atoms with van der Waals surface area (Å²) in [4.78, 5) is 29.6. The molecule has 0 radical (unpaired) electrons. The molecule has 0 aliphatic carbocycles. The molecule has 2 heterocycles. The Hall–Kier alpha value is -2.99. The number of benzene rings is 2. The Morgan fingerprint density at radius 3 is 2.29 bits per heavy atom. The van der Waals surface area contributed by atoms with Crippen LogP contribution in [0, 0.1) is 0 Å². The zero-order chi connectivity index (χ0) is 19.5. The Balaban J connectivity index is 1.44. The van der Waals surface area contributed by atoms with E-state index in [4.69, 9.17) is 0 Å². The van der Waals surface area contributed by atoms with Crippen molar-refractivity contribution in [2.75, 3.05) is 32.7 Å². The van der Waals surface area contributed by atoms with E-state index in [9.17, 15) is 9.59 Å². The van der Waals surface area contributed by atoms with E-state index in [0.29, 0.717) is 29.6 Å². The number of nitrogens with zero attached hydrogens (tertiary/aromatic N) is 4.